The van der Waals surface area contributed by atoms with Crippen molar-refractivity contribution in [1.29, 1.82) is 0 Å². The van der Waals surface area contributed by atoms with Crippen molar-refractivity contribution in [3.05, 3.63) is 0 Å². The number of nitrogens with one attached hydrogen (secondary N) is 1. The lowest BCUT2D eigenvalue weighted by Crippen LogP contribution is -2.35. The van der Waals surface area contributed by atoms with Crippen molar-refractivity contribution in [3.63, 3.8) is 0 Å². The van der Waals surface area contributed by atoms with Crippen LogP contribution in [0.3, 0.4) is 0 Å². The van der Waals surface area contributed by atoms with E-state index in [2.05, 4.69) is 37.2 Å². The standard InChI is InChI=1S/C8H15Br2NO2/c1-8(2,3)13-7(12)11-5-6(10)4-9/h6H,4-5H2,1-3H3,(H,11,12)/t6-/m1/s1. The van der Waals surface area contributed by atoms with Crippen LogP contribution in [-0.2, 0) is 4.74 Å². The minimum atomic E-state index is -0.430. The fraction of sp³-hybridized carbons (Fsp3) is 0.875. The maximum atomic E-state index is 11.1. The van der Waals surface area contributed by atoms with Crippen molar-refractivity contribution in [2.24, 2.45) is 0 Å². The van der Waals surface area contributed by atoms with Gasteiger partial charge in [-0.1, -0.05) is 31.9 Å². The van der Waals surface area contributed by atoms with Gasteiger partial charge in [0.25, 0.3) is 0 Å². The van der Waals surface area contributed by atoms with Crippen molar-refractivity contribution in [2.75, 3.05) is 11.9 Å². The molecule has 0 saturated heterocycles. The van der Waals surface area contributed by atoms with Gasteiger partial charge in [-0.25, -0.2) is 4.79 Å². The number of ether oxygens (including phenoxy) is 1. The van der Waals surface area contributed by atoms with Gasteiger partial charge in [-0.3, -0.25) is 0 Å². The second-order valence-electron chi connectivity index (χ2n) is 3.63. The van der Waals surface area contributed by atoms with Crippen LogP contribution < -0.4 is 5.32 Å². The van der Waals surface area contributed by atoms with E-state index in [1.54, 1.807) is 0 Å². The molecule has 0 heterocycles. The predicted molar refractivity (Wildman–Crippen MR) is 60.7 cm³/mol. The Labute approximate surface area is 95.9 Å². The minimum absolute atomic E-state index is 0.236. The average Bonchev–Trinajstić information content (AvgIpc) is 1.97. The third-order valence-electron chi connectivity index (χ3n) is 1.03. The van der Waals surface area contributed by atoms with Gasteiger partial charge in [-0.2, -0.15) is 0 Å². The summed E-state index contributed by atoms with van der Waals surface area (Å²) in [5, 5.41) is 3.45. The van der Waals surface area contributed by atoms with E-state index >= 15 is 0 Å². The van der Waals surface area contributed by atoms with Gasteiger partial charge >= 0.3 is 6.09 Å². The topological polar surface area (TPSA) is 38.3 Å². The number of carbonyl (C=O) groups excluding carboxylic acids is 1. The smallest absolute Gasteiger partial charge is 0.407 e. The van der Waals surface area contributed by atoms with Crippen molar-refractivity contribution in [1.82, 2.24) is 5.32 Å². The van der Waals surface area contributed by atoms with E-state index in [0.717, 1.165) is 5.33 Å². The van der Waals surface area contributed by atoms with Crippen molar-refractivity contribution in [3.8, 4) is 0 Å². The maximum Gasteiger partial charge on any atom is 0.407 e. The fourth-order valence-electron chi connectivity index (χ4n) is 0.563. The van der Waals surface area contributed by atoms with Crippen LogP contribution in [0.1, 0.15) is 20.8 Å². The SMILES string of the molecule is CC(C)(C)OC(=O)NC[C@H](Br)CBr. The summed E-state index contributed by atoms with van der Waals surface area (Å²) in [6.45, 7) is 6.06. The molecule has 1 N–H and O–H groups in total. The monoisotopic (exact) mass is 315 g/mol. The summed E-state index contributed by atoms with van der Waals surface area (Å²) in [5.41, 5.74) is -0.430. The van der Waals surface area contributed by atoms with Crippen LogP contribution in [0.5, 0.6) is 0 Å². The first-order chi connectivity index (χ1) is 5.85. The lowest BCUT2D eigenvalue weighted by molar-refractivity contribution is 0.0529. The number of carbonyl (C=O) groups is 1. The zero-order valence-corrected chi connectivity index (χ0v) is 11.2. The highest BCUT2D eigenvalue weighted by atomic mass is 79.9. The molecule has 0 aromatic carbocycles. The van der Waals surface area contributed by atoms with E-state index < -0.39 is 5.60 Å². The number of alkyl halides is 2. The molecule has 0 aliphatic rings. The van der Waals surface area contributed by atoms with E-state index in [9.17, 15) is 4.79 Å². The quantitative estimate of drug-likeness (QED) is 0.813. The van der Waals surface area contributed by atoms with Gasteiger partial charge in [0.05, 0.1) is 0 Å². The molecule has 0 aliphatic heterocycles. The molecule has 0 rings (SSSR count). The molecule has 3 nitrogen and oxygen atoms in total. The zero-order chi connectivity index (χ0) is 10.5. The molecule has 1 atom stereocenters. The minimum Gasteiger partial charge on any atom is -0.444 e. The summed E-state index contributed by atoms with van der Waals surface area (Å²) in [6.07, 6.45) is -0.377. The van der Waals surface area contributed by atoms with Crippen molar-refractivity contribution < 1.29 is 9.53 Å². The molecule has 0 aromatic rings. The highest BCUT2D eigenvalue weighted by molar-refractivity contribution is 9.12. The van der Waals surface area contributed by atoms with Gasteiger partial charge in [0, 0.05) is 16.7 Å². The Morgan fingerprint density at radius 1 is 1.54 bits per heavy atom. The second kappa shape index (κ2) is 5.86. The van der Waals surface area contributed by atoms with E-state index in [1.165, 1.54) is 0 Å². The van der Waals surface area contributed by atoms with E-state index in [-0.39, 0.29) is 10.9 Å². The highest BCUT2D eigenvalue weighted by Gasteiger charge is 2.16. The Morgan fingerprint density at radius 3 is 2.46 bits per heavy atom. The van der Waals surface area contributed by atoms with Gasteiger partial charge in [0.15, 0.2) is 0 Å². The molecule has 0 aliphatic carbocycles. The Kier molecular flexibility index (Phi) is 5.96. The maximum absolute atomic E-state index is 11.1. The first-order valence-corrected chi connectivity index (χ1v) is 6.06. The van der Waals surface area contributed by atoms with Gasteiger partial charge in [-0.15, -0.1) is 0 Å². The van der Waals surface area contributed by atoms with Gasteiger partial charge in [-0.05, 0) is 20.8 Å². The molecule has 1 amide bonds. The number of hydrogen-bond acceptors (Lipinski definition) is 2. The number of rotatable bonds is 3. The molecule has 0 fully saturated rings. The average molecular weight is 317 g/mol. The molecule has 0 radical (unpaired) electrons. The fourth-order valence-corrected chi connectivity index (χ4v) is 0.954. The largest absolute Gasteiger partial charge is 0.444 e. The summed E-state index contributed by atoms with van der Waals surface area (Å²) in [5.74, 6) is 0. The van der Waals surface area contributed by atoms with Crippen LogP contribution in [0.15, 0.2) is 0 Å². The predicted octanol–water partition coefficient (Wildman–Crippen LogP) is 2.67. The van der Waals surface area contributed by atoms with Crippen LogP contribution in [-0.4, -0.2) is 28.4 Å². The molecule has 0 bridgehead atoms. The summed E-state index contributed by atoms with van der Waals surface area (Å²) in [6, 6.07) is 0. The number of halogens is 2. The second-order valence-corrected chi connectivity index (χ2v) is 5.58. The Bertz CT molecular complexity index is 168. The van der Waals surface area contributed by atoms with Crippen molar-refractivity contribution >= 4 is 38.0 Å². The summed E-state index contributed by atoms with van der Waals surface area (Å²) in [4.78, 5) is 11.3. The molecule has 78 valence electrons. The van der Waals surface area contributed by atoms with Gasteiger partial charge in [0.2, 0.25) is 0 Å². The normalized spacial score (nSPS) is 13.6. The lowest BCUT2D eigenvalue weighted by Gasteiger charge is -2.20. The Hall–Kier alpha value is 0.230. The third-order valence-corrected chi connectivity index (χ3v) is 3.33. The van der Waals surface area contributed by atoms with Crippen LogP contribution in [0.2, 0.25) is 0 Å². The van der Waals surface area contributed by atoms with Crippen LogP contribution in [0, 0.1) is 0 Å². The van der Waals surface area contributed by atoms with E-state index in [0.29, 0.717) is 6.54 Å². The first kappa shape index (κ1) is 13.2. The summed E-state index contributed by atoms with van der Waals surface area (Å²) >= 11 is 6.66. The molecule has 0 saturated carbocycles. The van der Waals surface area contributed by atoms with Gasteiger partial charge < -0.3 is 10.1 Å². The van der Waals surface area contributed by atoms with E-state index in [4.69, 9.17) is 4.74 Å². The first-order valence-electron chi connectivity index (χ1n) is 4.02. The van der Waals surface area contributed by atoms with Crippen LogP contribution in [0.4, 0.5) is 4.79 Å². The molecule has 0 spiro atoms. The van der Waals surface area contributed by atoms with E-state index in [1.807, 2.05) is 20.8 Å². The molecule has 13 heavy (non-hydrogen) atoms. The number of amides is 1. The molecule has 5 heteroatoms. The molecular formula is C8H15Br2NO2. The van der Waals surface area contributed by atoms with Crippen molar-refractivity contribution in [2.45, 2.75) is 31.2 Å². The highest BCUT2D eigenvalue weighted by Crippen LogP contribution is 2.07. The van der Waals surface area contributed by atoms with Gasteiger partial charge in [0.1, 0.15) is 5.60 Å². The summed E-state index contributed by atoms with van der Waals surface area (Å²) in [7, 11) is 0. The van der Waals surface area contributed by atoms with Crippen LogP contribution in [0.25, 0.3) is 0 Å². The number of alkyl carbamates (subject to hydrolysis) is 1. The molecule has 0 aromatic heterocycles. The Balaban J connectivity index is 3.64. The zero-order valence-electron chi connectivity index (χ0n) is 8.06. The summed E-state index contributed by atoms with van der Waals surface area (Å²) < 4.78 is 5.05. The molecular weight excluding hydrogens is 302 g/mol. The van der Waals surface area contributed by atoms with Crippen LogP contribution >= 0.6 is 31.9 Å². The number of hydrogen-bond donors (Lipinski definition) is 1. The third kappa shape index (κ3) is 8.56. The Morgan fingerprint density at radius 2 is 2.08 bits per heavy atom. The molecule has 0 unspecified atom stereocenters. The lowest BCUT2D eigenvalue weighted by atomic mass is 10.2.